The van der Waals surface area contributed by atoms with Gasteiger partial charge in [0.05, 0.1) is 0 Å². The van der Waals surface area contributed by atoms with Crippen molar-refractivity contribution in [3.8, 4) is 0 Å². The van der Waals surface area contributed by atoms with Crippen molar-refractivity contribution in [1.29, 1.82) is 0 Å². The molecule has 0 saturated heterocycles. The maximum absolute atomic E-state index is 11.2. The zero-order valence-electron chi connectivity index (χ0n) is 7.29. The highest BCUT2D eigenvalue weighted by Crippen LogP contribution is 2.18. The van der Waals surface area contributed by atoms with Crippen LogP contribution in [0.5, 0.6) is 0 Å². The fourth-order valence-electron chi connectivity index (χ4n) is 1.64. The Labute approximate surface area is 76.9 Å². The Morgan fingerprint density at radius 3 is 2.92 bits per heavy atom. The van der Waals surface area contributed by atoms with Gasteiger partial charge in [-0.15, -0.1) is 0 Å². The monoisotopic (exact) mass is 176 g/mol. The molecule has 0 radical (unpaired) electrons. The number of aryl methyl sites for hydroxylation is 1. The maximum Gasteiger partial charge on any atom is 0.221 e. The molecule has 68 valence electrons. The van der Waals surface area contributed by atoms with Crippen LogP contribution >= 0.6 is 0 Å². The number of carbonyl (C=O) groups excluding carboxylic acids is 1. The van der Waals surface area contributed by atoms with Crippen LogP contribution in [0.25, 0.3) is 0 Å². The van der Waals surface area contributed by atoms with Crippen molar-refractivity contribution in [2.45, 2.75) is 19.0 Å². The van der Waals surface area contributed by atoms with Crippen LogP contribution in [-0.4, -0.2) is 5.91 Å². The second-order valence-electron chi connectivity index (χ2n) is 3.24. The van der Waals surface area contributed by atoms with E-state index in [2.05, 4.69) is 5.32 Å². The van der Waals surface area contributed by atoms with Crippen molar-refractivity contribution < 1.29 is 4.79 Å². The SMILES string of the molecule is NC1NC(=O)CCc2ccccc21. The van der Waals surface area contributed by atoms with E-state index in [0.29, 0.717) is 6.42 Å². The molecule has 1 unspecified atom stereocenters. The molecule has 1 aromatic rings. The van der Waals surface area contributed by atoms with E-state index >= 15 is 0 Å². The van der Waals surface area contributed by atoms with Crippen molar-refractivity contribution in [3.63, 3.8) is 0 Å². The van der Waals surface area contributed by atoms with E-state index in [1.54, 1.807) is 0 Å². The molecule has 1 aromatic carbocycles. The van der Waals surface area contributed by atoms with Crippen LogP contribution in [0.15, 0.2) is 24.3 Å². The Kier molecular flexibility index (Phi) is 2.02. The highest BCUT2D eigenvalue weighted by atomic mass is 16.1. The fourth-order valence-corrected chi connectivity index (χ4v) is 1.64. The molecular weight excluding hydrogens is 164 g/mol. The lowest BCUT2D eigenvalue weighted by Crippen LogP contribution is -2.32. The number of hydrogen-bond donors (Lipinski definition) is 2. The molecule has 3 heteroatoms. The van der Waals surface area contributed by atoms with Crippen molar-refractivity contribution >= 4 is 5.91 Å². The summed E-state index contributed by atoms with van der Waals surface area (Å²) in [6, 6.07) is 7.90. The summed E-state index contributed by atoms with van der Waals surface area (Å²) < 4.78 is 0. The van der Waals surface area contributed by atoms with Gasteiger partial charge in [0.15, 0.2) is 0 Å². The Bertz CT molecular complexity index is 335. The van der Waals surface area contributed by atoms with Crippen molar-refractivity contribution in [3.05, 3.63) is 35.4 Å². The summed E-state index contributed by atoms with van der Waals surface area (Å²) >= 11 is 0. The first-order valence-electron chi connectivity index (χ1n) is 4.40. The largest absolute Gasteiger partial charge is 0.337 e. The number of nitrogens with two attached hydrogens (primary N) is 1. The second-order valence-corrected chi connectivity index (χ2v) is 3.24. The van der Waals surface area contributed by atoms with E-state index in [-0.39, 0.29) is 12.1 Å². The van der Waals surface area contributed by atoms with E-state index in [1.807, 2.05) is 24.3 Å². The smallest absolute Gasteiger partial charge is 0.221 e. The molecule has 0 fully saturated rings. The van der Waals surface area contributed by atoms with Crippen molar-refractivity contribution in [2.24, 2.45) is 5.73 Å². The molecule has 1 aliphatic heterocycles. The molecular formula is C10H12N2O. The number of amides is 1. The Morgan fingerprint density at radius 2 is 2.08 bits per heavy atom. The van der Waals surface area contributed by atoms with Gasteiger partial charge in [-0.3, -0.25) is 4.79 Å². The van der Waals surface area contributed by atoms with Gasteiger partial charge in [0.1, 0.15) is 6.17 Å². The average Bonchev–Trinajstić information content (AvgIpc) is 2.27. The van der Waals surface area contributed by atoms with Crippen LogP contribution in [0.2, 0.25) is 0 Å². The van der Waals surface area contributed by atoms with E-state index in [0.717, 1.165) is 12.0 Å². The quantitative estimate of drug-likeness (QED) is 0.611. The van der Waals surface area contributed by atoms with Crippen LogP contribution in [-0.2, 0) is 11.2 Å². The van der Waals surface area contributed by atoms with Gasteiger partial charge in [0.25, 0.3) is 0 Å². The molecule has 1 aliphatic rings. The predicted octanol–water partition coefficient (Wildman–Crippen LogP) is 0.706. The summed E-state index contributed by atoms with van der Waals surface area (Å²) in [6.07, 6.45) is 0.978. The first kappa shape index (κ1) is 8.26. The Hall–Kier alpha value is -1.35. The summed E-state index contributed by atoms with van der Waals surface area (Å²) in [6.45, 7) is 0. The zero-order valence-corrected chi connectivity index (χ0v) is 7.29. The fraction of sp³-hybridized carbons (Fsp3) is 0.300. The number of nitrogens with one attached hydrogen (secondary N) is 1. The molecule has 2 rings (SSSR count). The number of hydrogen-bond acceptors (Lipinski definition) is 2. The minimum Gasteiger partial charge on any atom is -0.337 e. The van der Waals surface area contributed by atoms with Crippen molar-refractivity contribution in [1.82, 2.24) is 5.32 Å². The number of carbonyl (C=O) groups is 1. The standard InChI is InChI=1S/C10H12N2O/c11-10-8-4-2-1-3-7(8)5-6-9(13)12-10/h1-4,10H,5-6,11H2,(H,12,13). The lowest BCUT2D eigenvalue weighted by Gasteiger charge is -2.12. The third-order valence-corrected chi connectivity index (χ3v) is 2.33. The van der Waals surface area contributed by atoms with Crippen LogP contribution in [0, 0.1) is 0 Å². The van der Waals surface area contributed by atoms with Crippen LogP contribution in [0.3, 0.4) is 0 Å². The van der Waals surface area contributed by atoms with Gasteiger partial charge in [-0.1, -0.05) is 24.3 Å². The highest BCUT2D eigenvalue weighted by Gasteiger charge is 2.17. The molecule has 0 saturated carbocycles. The molecule has 1 heterocycles. The Balaban J connectivity index is 2.40. The number of benzene rings is 1. The van der Waals surface area contributed by atoms with E-state index in [1.165, 1.54) is 5.56 Å². The van der Waals surface area contributed by atoms with Crippen LogP contribution < -0.4 is 11.1 Å². The summed E-state index contributed by atoms with van der Waals surface area (Å²) in [5.41, 5.74) is 8.01. The third-order valence-electron chi connectivity index (χ3n) is 2.33. The van der Waals surface area contributed by atoms with Crippen LogP contribution in [0.4, 0.5) is 0 Å². The highest BCUT2D eigenvalue weighted by molar-refractivity contribution is 5.77. The number of fused-ring (bicyclic) bond motifs is 1. The molecule has 1 atom stereocenters. The van der Waals surface area contributed by atoms with Gasteiger partial charge in [0.2, 0.25) is 5.91 Å². The first-order valence-corrected chi connectivity index (χ1v) is 4.40. The van der Waals surface area contributed by atoms with Gasteiger partial charge < -0.3 is 11.1 Å². The molecule has 0 bridgehead atoms. The molecule has 0 aliphatic carbocycles. The first-order chi connectivity index (χ1) is 6.27. The molecule has 3 nitrogen and oxygen atoms in total. The number of rotatable bonds is 0. The summed E-state index contributed by atoms with van der Waals surface area (Å²) in [5.74, 6) is 0.0312. The van der Waals surface area contributed by atoms with Crippen molar-refractivity contribution in [2.75, 3.05) is 0 Å². The molecule has 0 spiro atoms. The van der Waals surface area contributed by atoms with Gasteiger partial charge in [0, 0.05) is 6.42 Å². The topological polar surface area (TPSA) is 55.1 Å². The van der Waals surface area contributed by atoms with Gasteiger partial charge in [-0.05, 0) is 17.5 Å². The minimum absolute atomic E-state index is 0.0312. The van der Waals surface area contributed by atoms with E-state index in [4.69, 9.17) is 5.73 Å². The lowest BCUT2D eigenvalue weighted by atomic mass is 10.0. The average molecular weight is 176 g/mol. The third kappa shape index (κ3) is 1.55. The van der Waals surface area contributed by atoms with Gasteiger partial charge in [-0.25, -0.2) is 0 Å². The lowest BCUT2D eigenvalue weighted by molar-refractivity contribution is -0.121. The zero-order chi connectivity index (χ0) is 9.26. The normalized spacial score (nSPS) is 21.6. The maximum atomic E-state index is 11.2. The molecule has 3 N–H and O–H groups in total. The molecule has 13 heavy (non-hydrogen) atoms. The van der Waals surface area contributed by atoms with E-state index < -0.39 is 0 Å². The Morgan fingerprint density at radius 1 is 1.31 bits per heavy atom. The molecule has 1 amide bonds. The van der Waals surface area contributed by atoms with E-state index in [9.17, 15) is 4.79 Å². The predicted molar refractivity (Wildman–Crippen MR) is 49.8 cm³/mol. The van der Waals surface area contributed by atoms with Gasteiger partial charge >= 0.3 is 0 Å². The van der Waals surface area contributed by atoms with Crippen LogP contribution in [0.1, 0.15) is 23.7 Å². The molecule has 0 aromatic heterocycles. The summed E-state index contributed by atoms with van der Waals surface area (Å²) in [4.78, 5) is 11.2. The van der Waals surface area contributed by atoms with Gasteiger partial charge in [-0.2, -0.15) is 0 Å². The second kappa shape index (κ2) is 3.18. The summed E-state index contributed by atoms with van der Waals surface area (Å²) in [5, 5.41) is 2.74. The summed E-state index contributed by atoms with van der Waals surface area (Å²) in [7, 11) is 0. The minimum atomic E-state index is -0.341.